The summed E-state index contributed by atoms with van der Waals surface area (Å²) >= 11 is 8.87. The lowest BCUT2D eigenvalue weighted by molar-refractivity contribution is 0.264. The van der Waals surface area contributed by atoms with Crippen molar-refractivity contribution in [1.82, 2.24) is 14.9 Å². The number of aryl methyl sites for hydroxylation is 1. The summed E-state index contributed by atoms with van der Waals surface area (Å²) in [5.41, 5.74) is 4.74. The van der Waals surface area contributed by atoms with Crippen LogP contribution in [0.2, 0.25) is 0 Å². The van der Waals surface area contributed by atoms with Crippen molar-refractivity contribution in [3.8, 4) is 11.5 Å². The first-order chi connectivity index (χ1) is 14.5. The number of rotatable bonds is 10. The van der Waals surface area contributed by atoms with Crippen LogP contribution in [0.1, 0.15) is 37.2 Å². The van der Waals surface area contributed by atoms with Crippen LogP contribution >= 0.6 is 28.1 Å². The minimum Gasteiger partial charge on any atom is -0.490 e. The molecule has 0 bridgehead atoms. The van der Waals surface area contributed by atoms with Crippen LogP contribution in [0.3, 0.4) is 0 Å². The SMILES string of the molecule is CCCc1n[nH]c(=S)n1NCc1cc(Br)c(OCc2ccccc2F)c(OCC)c1. The van der Waals surface area contributed by atoms with Crippen LogP contribution in [0.4, 0.5) is 4.39 Å². The van der Waals surface area contributed by atoms with Crippen LogP contribution in [0.25, 0.3) is 0 Å². The summed E-state index contributed by atoms with van der Waals surface area (Å²) in [7, 11) is 0. The third-order valence-corrected chi connectivity index (χ3v) is 5.22. The quantitative estimate of drug-likeness (QED) is 0.363. The maximum Gasteiger partial charge on any atom is 0.214 e. The Balaban J connectivity index is 1.78. The molecule has 9 heteroatoms. The lowest BCUT2D eigenvalue weighted by Crippen LogP contribution is -2.17. The largest absolute Gasteiger partial charge is 0.490 e. The monoisotopic (exact) mass is 494 g/mol. The summed E-state index contributed by atoms with van der Waals surface area (Å²) in [6.45, 7) is 5.09. The zero-order chi connectivity index (χ0) is 21.5. The van der Waals surface area contributed by atoms with Crippen LogP contribution in [0, 0.1) is 10.6 Å². The molecule has 3 rings (SSSR count). The van der Waals surface area contributed by atoms with E-state index in [4.69, 9.17) is 21.7 Å². The van der Waals surface area contributed by atoms with E-state index in [1.54, 1.807) is 22.9 Å². The molecule has 6 nitrogen and oxygen atoms in total. The number of benzene rings is 2. The summed E-state index contributed by atoms with van der Waals surface area (Å²) in [5, 5.41) is 7.07. The fraction of sp³-hybridized carbons (Fsp3) is 0.333. The summed E-state index contributed by atoms with van der Waals surface area (Å²) in [6, 6.07) is 10.4. The zero-order valence-corrected chi connectivity index (χ0v) is 19.3. The molecule has 0 fully saturated rings. The molecule has 0 aliphatic carbocycles. The average Bonchev–Trinajstić information content (AvgIpc) is 3.07. The third-order valence-electron chi connectivity index (χ3n) is 4.36. The first-order valence-electron chi connectivity index (χ1n) is 9.75. The maximum absolute atomic E-state index is 13.9. The van der Waals surface area contributed by atoms with Crippen LogP contribution in [0.5, 0.6) is 11.5 Å². The number of hydrogen-bond donors (Lipinski definition) is 2. The normalized spacial score (nSPS) is 10.8. The highest BCUT2D eigenvalue weighted by molar-refractivity contribution is 9.10. The van der Waals surface area contributed by atoms with E-state index in [0.717, 1.165) is 28.7 Å². The van der Waals surface area contributed by atoms with Crippen LogP contribution in [-0.4, -0.2) is 21.5 Å². The van der Waals surface area contributed by atoms with Gasteiger partial charge in [-0.15, -0.1) is 0 Å². The van der Waals surface area contributed by atoms with Gasteiger partial charge in [0.1, 0.15) is 12.4 Å². The van der Waals surface area contributed by atoms with E-state index >= 15 is 0 Å². The van der Waals surface area contributed by atoms with Gasteiger partial charge in [0.25, 0.3) is 0 Å². The molecule has 3 aromatic rings. The van der Waals surface area contributed by atoms with Gasteiger partial charge >= 0.3 is 0 Å². The lowest BCUT2D eigenvalue weighted by atomic mass is 10.2. The first kappa shape index (κ1) is 22.3. The highest BCUT2D eigenvalue weighted by atomic mass is 79.9. The first-order valence-corrected chi connectivity index (χ1v) is 10.9. The highest BCUT2D eigenvalue weighted by Gasteiger charge is 2.14. The van der Waals surface area contributed by atoms with E-state index in [1.165, 1.54) is 6.07 Å². The second-order valence-electron chi connectivity index (χ2n) is 6.58. The van der Waals surface area contributed by atoms with Gasteiger partial charge in [0, 0.05) is 12.0 Å². The van der Waals surface area contributed by atoms with Crippen molar-refractivity contribution in [2.75, 3.05) is 12.0 Å². The molecular weight excluding hydrogens is 471 g/mol. The Morgan fingerprint density at radius 1 is 1.23 bits per heavy atom. The second kappa shape index (κ2) is 10.6. The summed E-state index contributed by atoms with van der Waals surface area (Å²) in [5.74, 6) is 1.68. The summed E-state index contributed by atoms with van der Waals surface area (Å²) in [6.07, 6.45) is 1.78. The number of halogens is 2. The van der Waals surface area contributed by atoms with Crippen LogP contribution in [-0.2, 0) is 19.6 Å². The molecule has 0 radical (unpaired) electrons. The van der Waals surface area contributed by atoms with E-state index in [9.17, 15) is 4.39 Å². The highest BCUT2D eigenvalue weighted by Crippen LogP contribution is 2.37. The van der Waals surface area contributed by atoms with Gasteiger partial charge in [-0.2, -0.15) is 5.10 Å². The van der Waals surface area contributed by atoms with Gasteiger partial charge in [-0.25, -0.2) is 9.07 Å². The molecule has 0 atom stereocenters. The number of aromatic amines is 1. The molecule has 0 unspecified atom stereocenters. The van der Waals surface area contributed by atoms with Gasteiger partial charge in [0.2, 0.25) is 4.77 Å². The number of H-pyrrole nitrogens is 1. The summed E-state index contributed by atoms with van der Waals surface area (Å²) < 4.78 is 28.6. The number of aromatic nitrogens is 3. The molecule has 0 saturated heterocycles. The van der Waals surface area contributed by atoms with E-state index in [2.05, 4.69) is 38.5 Å². The van der Waals surface area contributed by atoms with Crippen molar-refractivity contribution >= 4 is 28.1 Å². The predicted octanol–water partition coefficient (Wildman–Crippen LogP) is 5.52. The van der Waals surface area contributed by atoms with Crippen molar-refractivity contribution in [2.45, 2.75) is 39.8 Å². The fourth-order valence-corrected chi connectivity index (χ4v) is 3.77. The number of nitrogens with one attached hydrogen (secondary N) is 2. The second-order valence-corrected chi connectivity index (χ2v) is 7.82. The van der Waals surface area contributed by atoms with E-state index in [1.807, 2.05) is 19.1 Å². The van der Waals surface area contributed by atoms with Crippen LogP contribution < -0.4 is 14.9 Å². The predicted molar refractivity (Wildman–Crippen MR) is 121 cm³/mol. The zero-order valence-electron chi connectivity index (χ0n) is 16.9. The van der Waals surface area contributed by atoms with E-state index in [0.29, 0.717) is 35.0 Å². The topological polar surface area (TPSA) is 64.1 Å². The Morgan fingerprint density at radius 3 is 2.77 bits per heavy atom. The Hall–Kier alpha value is -2.39. The van der Waals surface area contributed by atoms with Crippen LogP contribution in [0.15, 0.2) is 40.9 Å². The standard InChI is InChI=1S/C21H24BrFN4O2S/c1-3-7-19-25-26-21(30)27(19)24-12-14-10-16(22)20(18(11-14)28-4-2)29-13-15-8-5-6-9-17(15)23/h5-6,8-11,24H,3-4,7,12-13H2,1-2H3,(H,26,30). The lowest BCUT2D eigenvalue weighted by Gasteiger charge is -2.17. The molecule has 0 spiro atoms. The Kier molecular flexibility index (Phi) is 7.87. The van der Waals surface area contributed by atoms with E-state index in [-0.39, 0.29) is 12.4 Å². The van der Waals surface area contributed by atoms with Crippen molar-refractivity contribution in [3.63, 3.8) is 0 Å². The van der Waals surface area contributed by atoms with Gasteiger partial charge in [-0.1, -0.05) is 25.1 Å². The minimum absolute atomic E-state index is 0.105. The fourth-order valence-electron chi connectivity index (χ4n) is 2.95. The molecule has 0 saturated carbocycles. The molecule has 160 valence electrons. The minimum atomic E-state index is -0.299. The Morgan fingerprint density at radius 2 is 2.03 bits per heavy atom. The molecule has 30 heavy (non-hydrogen) atoms. The van der Waals surface area contributed by atoms with Crippen molar-refractivity contribution in [2.24, 2.45) is 0 Å². The Bertz CT molecular complexity index is 1050. The van der Waals surface area contributed by atoms with E-state index < -0.39 is 0 Å². The molecule has 2 N–H and O–H groups in total. The summed E-state index contributed by atoms with van der Waals surface area (Å²) in [4.78, 5) is 0. The number of hydrogen-bond acceptors (Lipinski definition) is 5. The Labute approximate surface area is 188 Å². The number of nitrogens with zero attached hydrogens (tertiary/aromatic N) is 2. The third kappa shape index (κ3) is 5.40. The molecule has 1 heterocycles. The molecular formula is C21H24BrFN4O2S. The molecule has 0 aliphatic heterocycles. The van der Waals surface area contributed by atoms with Gasteiger partial charge in [-0.05, 0) is 65.3 Å². The molecule has 0 aliphatic rings. The number of ether oxygens (including phenoxy) is 2. The smallest absolute Gasteiger partial charge is 0.214 e. The molecule has 1 aromatic heterocycles. The van der Waals surface area contributed by atoms with Gasteiger partial charge in [0.15, 0.2) is 17.3 Å². The van der Waals surface area contributed by atoms with Gasteiger partial charge in [-0.3, -0.25) is 5.10 Å². The van der Waals surface area contributed by atoms with Crippen molar-refractivity contribution in [1.29, 1.82) is 0 Å². The molecule has 0 amide bonds. The van der Waals surface area contributed by atoms with Gasteiger partial charge in [0.05, 0.1) is 17.6 Å². The molecule has 2 aromatic carbocycles. The maximum atomic E-state index is 13.9. The average molecular weight is 495 g/mol. The van der Waals surface area contributed by atoms with Crippen molar-refractivity contribution in [3.05, 3.63) is 68.4 Å². The van der Waals surface area contributed by atoms with Crippen molar-refractivity contribution < 1.29 is 13.9 Å². The van der Waals surface area contributed by atoms with Gasteiger partial charge < -0.3 is 14.9 Å².